The Balaban J connectivity index is 1.74. The number of nitriles is 1. The van der Waals surface area contributed by atoms with E-state index in [-0.39, 0.29) is 6.04 Å². The molecule has 1 N–H and O–H groups in total. The minimum Gasteiger partial charge on any atom is -0.381 e. The lowest BCUT2D eigenvalue weighted by Gasteiger charge is -2.36. The Hall–Kier alpha value is -2.54. The molecule has 1 atom stereocenters. The van der Waals surface area contributed by atoms with Crippen molar-refractivity contribution in [3.8, 4) is 17.5 Å². The van der Waals surface area contributed by atoms with E-state index < -0.39 is 5.41 Å². The van der Waals surface area contributed by atoms with E-state index in [0.29, 0.717) is 39.3 Å². The fraction of sp³-hybridized carbons (Fsp3) is 0.500. The zero-order valence-electron chi connectivity index (χ0n) is 16.2. The zero-order valence-corrected chi connectivity index (χ0v) is 17.0. The molecule has 2 fully saturated rings. The second-order valence-electron chi connectivity index (χ2n) is 7.63. The minimum atomic E-state index is -0.582. The van der Waals surface area contributed by atoms with E-state index in [0.717, 1.165) is 39.5 Å². The molecule has 3 aromatic rings. The van der Waals surface area contributed by atoms with Gasteiger partial charge in [0, 0.05) is 26.0 Å². The number of rotatable bonds is 3. The van der Waals surface area contributed by atoms with Crippen molar-refractivity contribution >= 4 is 27.6 Å². The molecule has 29 heavy (non-hydrogen) atoms. The van der Waals surface area contributed by atoms with Gasteiger partial charge in [0.1, 0.15) is 17.0 Å². The van der Waals surface area contributed by atoms with E-state index in [2.05, 4.69) is 38.5 Å². The van der Waals surface area contributed by atoms with Crippen LogP contribution in [-0.2, 0) is 14.9 Å². The highest BCUT2D eigenvalue weighted by atomic mass is 32.1. The molecule has 1 unspecified atom stereocenters. The molecule has 3 aromatic heterocycles. The number of nitrogens with zero attached hydrogens (tertiary/aromatic N) is 5. The van der Waals surface area contributed by atoms with Gasteiger partial charge < -0.3 is 14.4 Å². The molecule has 2 aliphatic heterocycles. The number of fused-ring (bicyclic) bond motifs is 1. The third kappa shape index (κ3) is 3.08. The van der Waals surface area contributed by atoms with E-state index in [1.165, 1.54) is 11.5 Å². The minimum absolute atomic E-state index is 0.219. The number of anilines is 1. The van der Waals surface area contributed by atoms with Crippen molar-refractivity contribution in [3.63, 3.8) is 0 Å². The number of H-pyrrole nitrogens is 1. The van der Waals surface area contributed by atoms with E-state index in [1.54, 1.807) is 6.20 Å². The first-order valence-electron chi connectivity index (χ1n) is 9.86. The molecule has 0 radical (unpaired) electrons. The monoisotopic (exact) mass is 410 g/mol. The Morgan fingerprint density at radius 1 is 1.31 bits per heavy atom. The van der Waals surface area contributed by atoms with Gasteiger partial charge in [-0.05, 0) is 49.0 Å². The predicted molar refractivity (Wildman–Crippen MR) is 110 cm³/mol. The van der Waals surface area contributed by atoms with Gasteiger partial charge in [0.15, 0.2) is 0 Å². The van der Waals surface area contributed by atoms with E-state index in [1.807, 2.05) is 6.07 Å². The van der Waals surface area contributed by atoms with Crippen molar-refractivity contribution < 1.29 is 9.47 Å². The highest BCUT2D eigenvalue weighted by molar-refractivity contribution is 7.13. The van der Waals surface area contributed by atoms with Gasteiger partial charge in [-0.2, -0.15) is 14.7 Å². The largest absolute Gasteiger partial charge is 0.381 e. The van der Waals surface area contributed by atoms with Gasteiger partial charge in [0.2, 0.25) is 0 Å². The van der Waals surface area contributed by atoms with Gasteiger partial charge in [-0.1, -0.05) is 0 Å². The molecule has 0 aliphatic carbocycles. The van der Waals surface area contributed by atoms with Crippen LogP contribution in [-0.4, -0.2) is 58.6 Å². The average Bonchev–Trinajstić information content (AvgIpc) is 3.43. The molecule has 0 bridgehead atoms. The van der Waals surface area contributed by atoms with Gasteiger partial charge >= 0.3 is 0 Å². The van der Waals surface area contributed by atoms with Crippen LogP contribution in [0.4, 0.5) is 5.82 Å². The van der Waals surface area contributed by atoms with Gasteiger partial charge in [-0.15, -0.1) is 0 Å². The van der Waals surface area contributed by atoms with Crippen LogP contribution in [0.1, 0.15) is 25.3 Å². The maximum atomic E-state index is 10.2. The number of hydrogen-bond acceptors (Lipinski definition) is 8. The standard InChI is InChI=1S/C20H22N6O2S/c1-13-11-28-9-6-26(13)16-10-14(20(12-21)3-7-27-8-4-20)19-18(23-16)17(25-29-19)15-2-5-22-24-15/h2,5,10,13H,3-4,6-9,11H2,1H3,(H,22,24). The summed E-state index contributed by atoms with van der Waals surface area (Å²) in [6.07, 6.45) is 3.07. The zero-order chi connectivity index (χ0) is 19.8. The third-order valence-corrected chi connectivity index (χ3v) is 6.78. The summed E-state index contributed by atoms with van der Waals surface area (Å²) in [5.41, 5.74) is 2.88. The summed E-state index contributed by atoms with van der Waals surface area (Å²) in [7, 11) is 0. The highest BCUT2D eigenvalue weighted by Gasteiger charge is 2.38. The second kappa shape index (κ2) is 7.37. The normalized spacial score (nSPS) is 21.9. The molecule has 2 saturated heterocycles. The first kappa shape index (κ1) is 18.5. The highest BCUT2D eigenvalue weighted by Crippen LogP contribution is 2.43. The molecular weight excluding hydrogens is 388 g/mol. The molecule has 2 aliphatic rings. The van der Waals surface area contributed by atoms with Crippen LogP contribution in [0.2, 0.25) is 0 Å². The Morgan fingerprint density at radius 2 is 2.17 bits per heavy atom. The van der Waals surface area contributed by atoms with E-state index in [9.17, 15) is 5.26 Å². The molecule has 0 saturated carbocycles. The third-order valence-electron chi connectivity index (χ3n) is 5.91. The summed E-state index contributed by atoms with van der Waals surface area (Å²) in [6.45, 7) is 5.44. The lowest BCUT2D eigenvalue weighted by atomic mass is 9.75. The molecule has 8 nitrogen and oxygen atoms in total. The van der Waals surface area contributed by atoms with Crippen molar-refractivity contribution in [1.29, 1.82) is 5.26 Å². The fourth-order valence-corrected chi connectivity index (χ4v) is 5.15. The number of morpholine rings is 1. The van der Waals surface area contributed by atoms with Crippen LogP contribution in [0.15, 0.2) is 18.3 Å². The van der Waals surface area contributed by atoms with Crippen LogP contribution in [0.3, 0.4) is 0 Å². The van der Waals surface area contributed by atoms with Crippen molar-refractivity contribution in [2.24, 2.45) is 0 Å². The SMILES string of the molecule is CC1COCCN1c1cc(C2(C#N)CCOCC2)c2snc(-c3ccn[nH]3)c2n1. The molecular formula is C20H22N6O2S. The number of nitrogens with one attached hydrogen (secondary N) is 1. The lowest BCUT2D eigenvalue weighted by Crippen LogP contribution is -2.44. The van der Waals surface area contributed by atoms with Crippen molar-refractivity contribution in [3.05, 3.63) is 23.9 Å². The topological polar surface area (TPSA) is 100.0 Å². The van der Waals surface area contributed by atoms with E-state index in [4.69, 9.17) is 14.5 Å². The number of ether oxygens (including phenoxy) is 2. The summed E-state index contributed by atoms with van der Waals surface area (Å²) < 4.78 is 16.8. The number of pyridine rings is 1. The predicted octanol–water partition coefficient (Wildman–Crippen LogP) is 2.88. The first-order chi connectivity index (χ1) is 14.2. The number of hydrogen-bond donors (Lipinski definition) is 1. The Labute approximate surface area is 172 Å². The average molecular weight is 411 g/mol. The number of aromatic amines is 1. The van der Waals surface area contributed by atoms with Gasteiger partial charge in [0.05, 0.1) is 41.1 Å². The summed E-state index contributed by atoms with van der Waals surface area (Å²) in [5, 5.41) is 17.3. The first-order valence-corrected chi connectivity index (χ1v) is 10.6. The summed E-state index contributed by atoms with van der Waals surface area (Å²) in [6, 6.07) is 6.84. The van der Waals surface area contributed by atoms with Crippen LogP contribution < -0.4 is 4.90 Å². The van der Waals surface area contributed by atoms with Crippen LogP contribution >= 0.6 is 11.5 Å². The van der Waals surface area contributed by atoms with Gasteiger partial charge in [-0.3, -0.25) is 5.10 Å². The lowest BCUT2D eigenvalue weighted by molar-refractivity contribution is 0.0679. The molecule has 0 aromatic carbocycles. The van der Waals surface area contributed by atoms with Crippen molar-refractivity contribution in [2.75, 3.05) is 37.9 Å². The van der Waals surface area contributed by atoms with Crippen molar-refractivity contribution in [1.82, 2.24) is 19.6 Å². The summed E-state index contributed by atoms with van der Waals surface area (Å²) in [4.78, 5) is 7.29. The maximum Gasteiger partial charge on any atom is 0.130 e. The molecule has 5 heterocycles. The van der Waals surface area contributed by atoms with E-state index >= 15 is 0 Å². The Kier molecular flexibility index (Phi) is 4.70. The van der Waals surface area contributed by atoms with Gasteiger partial charge in [0.25, 0.3) is 0 Å². The summed E-state index contributed by atoms with van der Waals surface area (Å²) in [5.74, 6) is 0.880. The molecule has 0 amide bonds. The van der Waals surface area contributed by atoms with Gasteiger partial charge in [-0.25, -0.2) is 4.98 Å². The quantitative estimate of drug-likeness (QED) is 0.709. The Bertz CT molecular complexity index is 1050. The van der Waals surface area contributed by atoms with Crippen molar-refractivity contribution in [2.45, 2.75) is 31.2 Å². The maximum absolute atomic E-state index is 10.2. The molecule has 0 spiro atoms. The molecule has 150 valence electrons. The molecule has 9 heteroatoms. The molecule has 5 rings (SSSR count). The number of aromatic nitrogens is 4. The second-order valence-corrected chi connectivity index (χ2v) is 8.40. The van der Waals surface area contributed by atoms with Crippen LogP contribution in [0, 0.1) is 11.3 Å². The summed E-state index contributed by atoms with van der Waals surface area (Å²) >= 11 is 1.41. The smallest absolute Gasteiger partial charge is 0.130 e. The fourth-order valence-electron chi connectivity index (χ4n) is 4.20. The Morgan fingerprint density at radius 3 is 2.90 bits per heavy atom. The van der Waals surface area contributed by atoms with Crippen LogP contribution in [0.25, 0.3) is 21.6 Å². The van der Waals surface area contributed by atoms with Crippen LogP contribution in [0.5, 0.6) is 0 Å².